The summed E-state index contributed by atoms with van der Waals surface area (Å²) < 4.78 is 1.79. The van der Waals surface area contributed by atoms with Gasteiger partial charge >= 0.3 is 0 Å². The van der Waals surface area contributed by atoms with E-state index in [1.807, 2.05) is 43.3 Å². The second kappa shape index (κ2) is 6.76. The Balaban J connectivity index is 1.84. The lowest BCUT2D eigenvalue weighted by Gasteiger charge is -2.09. The van der Waals surface area contributed by atoms with Crippen LogP contribution in [0.25, 0.3) is 22.3 Å². The van der Waals surface area contributed by atoms with Crippen molar-refractivity contribution in [2.75, 3.05) is 5.32 Å². The summed E-state index contributed by atoms with van der Waals surface area (Å²) in [4.78, 5) is 21.8. The molecule has 3 heterocycles. The van der Waals surface area contributed by atoms with Gasteiger partial charge in [0.05, 0.1) is 22.8 Å². The highest BCUT2D eigenvalue weighted by atomic mass is 16.1. The van der Waals surface area contributed by atoms with Crippen molar-refractivity contribution in [1.82, 2.24) is 19.7 Å². The molecule has 0 aliphatic heterocycles. The second-order valence-electron chi connectivity index (χ2n) is 5.79. The molecule has 0 fully saturated rings. The van der Waals surface area contributed by atoms with Crippen molar-refractivity contribution in [1.29, 1.82) is 0 Å². The second-order valence-corrected chi connectivity index (χ2v) is 5.79. The highest BCUT2D eigenvalue weighted by Crippen LogP contribution is 2.25. The molecule has 0 atom stereocenters. The van der Waals surface area contributed by atoms with Crippen LogP contribution in [0.3, 0.4) is 0 Å². The van der Waals surface area contributed by atoms with Crippen molar-refractivity contribution in [3.8, 4) is 11.3 Å². The third kappa shape index (κ3) is 2.93. The largest absolute Gasteiger partial charge is 0.307 e. The van der Waals surface area contributed by atoms with Crippen molar-refractivity contribution >= 4 is 22.8 Å². The Morgan fingerprint density at radius 3 is 2.65 bits per heavy atom. The molecular weight excluding hydrogens is 326 g/mol. The molecule has 1 aromatic carbocycles. The summed E-state index contributed by atoms with van der Waals surface area (Å²) in [6.45, 7) is 2.67. The molecule has 128 valence electrons. The number of aromatic nitrogens is 4. The van der Waals surface area contributed by atoms with E-state index >= 15 is 0 Å². The lowest BCUT2D eigenvalue weighted by atomic mass is 10.1. The Morgan fingerprint density at radius 1 is 1.12 bits per heavy atom. The van der Waals surface area contributed by atoms with Gasteiger partial charge in [0, 0.05) is 18.3 Å². The van der Waals surface area contributed by atoms with Crippen LogP contribution in [0.1, 0.15) is 17.3 Å². The van der Waals surface area contributed by atoms with E-state index in [1.54, 1.807) is 35.3 Å². The summed E-state index contributed by atoms with van der Waals surface area (Å²) in [6, 6.07) is 17.0. The van der Waals surface area contributed by atoms with Crippen LogP contribution < -0.4 is 5.32 Å². The van der Waals surface area contributed by atoms with Crippen molar-refractivity contribution in [3.63, 3.8) is 0 Å². The van der Waals surface area contributed by atoms with E-state index in [-0.39, 0.29) is 5.91 Å². The van der Waals surface area contributed by atoms with E-state index in [0.29, 0.717) is 23.6 Å². The molecule has 26 heavy (non-hydrogen) atoms. The number of rotatable bonds is 4. The number of nitrogens with zero attached hydrogens (tertiary/aromatic N) is 4. The minimum atomic E-state index is -0.232. The predicted octanol–water partition coefficient (Wildman–Crippen LogP) is 3.77. The molecule has 4 rings (SSSR count). The lowest BCUT2D eigenvalue weighted by Crippen LogP contribution is -2.14. The minimum Gasteiger partial charge on any atom is -0.307 e. The normalized spacial score (nSPS) is 10.8. The van der Waals surface area contributed by atoms with E-state index in [1.165, 1.54) is 0 Å². The van der Waals surface area contributed by atoms with E-state index in [0.717, 1.165) is 16.6 Å². The molecule has 6 heteroatoms. The molecule has 0 saturated heterocycles. The highest BCUT2D eigenvalue weighted by molar-refractivity contribution is 6.12. The molecule has 0 radical (unpaired) electrons. The molecular formula is C20H17N5O. The molecule has 0 unspecified atom stereocenters. The van der Waals surface area contributed by atoms with E-state index in [9.17, 15) is 4.79 Å². The van der Waals surface area contributed by atoms with Crippen molar-refractivity contribution in [2.24, 2.45) is 0 Å². The zero-order chi connectivity index (χ0) is 17.9. The Bertz CT molecular complexity index is 1060. The van der Waals surface area contributed by atoms with Gasteiger partial charge in [-0.1, -0.05) is 36.4 Å². The first-order valence-electron chi connectivity index (χ1n) is 8.40. The first-order valence-corrected chi connectivity index (χ1v) is 8.40. The van der Waals surface area contributed by atoms with Crippen molar-refractivity contribution in [3.05, 3.63) is 72.6 Å². The predicted molar refractivity (Wildman–Crippen MR) is 101 cm³/mol. The van der Waals surface area contributed by atoms with Crippen LogP contribution in [-0.2, 0) is 6.54 Å². The number of amides is 1. The number of hydrogen-bond donors (Lipinski definition) is 1. The highest BCUT2D eigenvalue weighted by Gasteiger charge is 2.17. The smallest absolute Gasteiger partial charge is 0.257 e. The van der Waals surface area contributed by atoms with Gasteiger partial charge < -0.3 is 5.32 Å². The van der Waals surface area contributed by atoms with Gasteiger partial charge in [-0.2, -0.15) is 5.10 Å². The fourth-order valence-corrected chi connectivity index (χ4v) is 2.84. The van der Waals surface area contributed by atoms with E-state index in [4.69, 9.17) is 4.98 Å². The van der Waals surface area contributed by atoms with Gasteiger partial charge in [0.25, 0.3) is 5.91 Å². The van der Waals surface area contributed by atoms with Gasteiger partial charge in [-0.15, -0.1) is 0 Å². The number of anilines is 1. The number of carbonyl (C=O) groups excluding carboxylic acids is 1. The lowest BCUT2D eigenvalue weighted by molar-refractivity contribution is 0.102. The summed E-state index contributed by atoms with van der Waals surface area (Å²) in [5.41, 5.74) is 2.91. The van der Waals surface area contributed by atoms with Crippen LogP contribution in [0.15, 0.2) is 67.0 Å². The molecule has 0 spiro atoms. The Kier molecular flexibility index (Phi) is 4.15. The number of aryl methyl sites for hydroxylation is 1. The van der Waals surface area contributed by atoms with Crippen LogP contribution in [-0.4, -0.2) is 25.7 Å². The quantitative estimate of drug-likeness (QED) is 0.612. The van der Waals surface area contributed by atoms with Crippen molar-refractivity contribution in [2.45, 2.75) is 13.5 Å². The van der Waals surface area contributed by atoms with Crippen LogP contribution in [0.2, 0.25) is 0 Å². The van der Waals surface area contributed by atoms with Gasteiger partial charge in [-0.25, -0.2) is 14.6 Å². The molecule has 0 aliphatic carbocycles. The summed E-state index contributed by atoms with van der Waals surface area (Å²) >= 11 is 0. The van der Waals surface area contributed by atoms with Gasteiger partial charge in [-0.05, 0) is 25.1 Å². The van der Waals surface area contributed by atoms with Gasteiger partial charge in [0.1, 0.15) is 5.82 Å². The topological polar surface area (TPSA) is 72.7 Å². The first kappa shape index (κ1) is 16.0. The zero-order valence-corrected chi connectivity index (χ0v) is 14.3. The molecule has 1 N–H and O–H groups in total. The molecule has 0 saturated carbocycles. The maximum atomic E-state index is 12.9. The first-order chi connectivity index (χ1) is 12.8. The Hall–Kier alpha value is -3.54. The average Bonchev–Trinajstić information content (AvgIpc) is 3.11. The standard InChI is InChI=1S/C20H17N5O/c1-2-25-19-16(13-22-25)15(20(26)24-18-10-6-7-11-21-18)12-17(23-19)14-8-4-3-5-9-14/h3-13H,2H2,1H3,(H,21,24,26). The zero-order valence-electron chi connectivity index (χ0n) is 14.3. The Morgan fingerprint density at radius 2 is 1.92 bits per heavy atom. The maximum absolute atomic E-state index is 12.9. The van der Waals surface area contributed by atoms with E-state index < -0.39 is 0 Å². The van der Waals surface area contributed by atoms with Crippen LogP contribution in [0.5, 0.6) is 0 Å². The summed E-state index contributed by atoms with van der Waals surface area (Å²) in [7, 11) is 0. The SMILES string of the molecule is CCn1ncc2c(C(=O)Nc3ccccn3)cc(-c3ccccc3)nc21. The van der Waals surface area contributed by atoms with E-state index in [2.05, 4.69) is 15.4 Å². The fraction of sp³-hybridized carbons (Fsp3) is 0.100. The number of pyridine rings is 2. The van der Waals surface area contributed by atoms with Crippen LogP contribution in [0.4, 0.5) is 5.82 Å². The Labute approximate surface area is 150 Å². The van der Waals surface area contributed by atoms with Crippen LogP contribution >= 0.6 is 0 Å². The summed E-state index contributed by atoms with van der Waals surface area (Å²) in [5, 5.41) is 7.92. The number of carbonyl (C=O) groups is 1. The third-order valence-corrected chi connectivity index (χ3v) is 4.13. The van der Waals surface area contributed by atoms with Gasteiger partial charge in [-0.3, -0.25) is 4.79 Å². The molecule has 0 bridgehead atoms. The molecule has 1 amide bonds. The van der Waals surface area contributed by atoms with Gasteiger partial charge in [0.15, 0.2) is 5.65 Å². The molecule has 4 aromatic rings. The minimum absolute atomic E-state index is 0.232. The number of nitrogens with one attached hydrogen (secondary N) is 1. The average molecular weight is 343 g/mol. The molecule has 6 nitrogen and oxygen atoms in total. The summed E-state index contributed by atoms with van der Waals surface area (Å²) in [5.74, 6) is 0.274. The summed E-state index contributed by atoms with van der Waals surface area (Å²) in [6.07, 6.45) is 3.33. The maximum Gasteiger partial charge on any atom is 0.257 e. The molecule has 3 aromatic heterocycles. The monoisotopic (exact) mass is 343 g/mol. The van der Waals surface area contributed by atoms with Crippen LogP contribution in [0, 0.1) is 0 Å². The molecule has 0 aliphatic rings. The fourth-order valence-electron chi connectivity index (χ4n) is 2.84. The number of fused-ring (bicyclic) bond motifs is 1. The van der Waals surface area contributed by atoms with Crippen molar-refractivity contribution < 1.29 is 4.79 Å². The number of benzene rings is 1. The van der Waals surface area contributed by atoms with Gasteiger partial charge in [0.2, 0.25) is 0 Å². The third-order valence-electron chi connectivity index (χ3n) is 4.13. The number of hydrogen-bond acceptors (Lipinski definition) is 4.